The third-order valence-electron chi connectivity index (χ3n) is 4.69. The quantitative estimate of drug-likeness (QED) is 0.357. The van der Waals surface area contributed by atoms with E-state index in [1.807, 2.05) is 53.9 Å². The normalized spacial score (nSPS) is 10.7. The lowest BCUT2D eigenvalue weighted by Gasteiger charge is -2.10. The van der Waals surface area contributed by atoms with E-state index in [2.05, 4.69) is 5.32 Å². The third-order valence-corrected chi connectivity index (χ3v) is 5.83. The first-order chi connectivity index (χ1) is 14.6. The SMILES string of the molecule is CCOC(=O)c1c(-c2ccc(Cl)cc2)csc1NC(=O)c1cccc2ccccc12. The molecule has 30 heavy (non-hydrogen) atoms. The Balaban J connectivity index is 1.74. The van der Waals surface area contributed by atoms with Crippen LogP contribution in [0.4, 0.5) is 5.00 Å². The summed E-state index contributed by atoms with van der Waals surface area (Å²) in [5.74, 6) is -0.751. The van der Waals surface area contributed by atoms with E-state index in [1.54, 1.807) is 25.1 Å². The summed E-state index contributed by atoms with van der Waals surface area (Å²) in [4.78, 5) is 25.8. The van der Waals surface area contributed by atoms with Gasteiger partial charge in [-0.25, -0.2) is 4.79 Å². The van der Waals surface area contributed by atoms with Gasteiger partial charge in [0.05, 0.1) is 6.61 Å². The molecule has 4 nitrogen and oxygen atoms in total. The van der Waals surface area contributed by atoms with Crippen LogP contribution in [0, 0.1) is 0 Å². The first-order valence-corrected chi connectivity index (χ1v) is 10.7. The number of esters is 1. The van der Waals surface area contributed by atoms with E-state index in [4.69, 9.17) is 16.3 Å². The molecule has 0 unspecified atom stereocenters. The highest BCUT2D eigenvalue weighted by molar-refractivity contribution is 7.15. The van der Waals surface area contributed by atoms with Crippen molar-refractivity contribution in [2.75, 3.05) is 11.9 Å². The lowest BCUT2D eigenvalue weighted by atomic mass is 10.0. The van der Waals surface area contributed by atoms with Gasteiger partial charge in [-0.05, 0) is 41.5 Å². The van der Waals surface area contributed by atoms with Gasteiger partial charge in [0.25, 0.3) is 5.91 Å². The molecule has 0 spiro atoms. The summed E-state index contributed by atoms with van der Waals surface area (Å²) >= 11 is 7.29. The average Bonchev–Trinajstić information content (AvgIpc) is 3.17. The van der Waals surface area contributed by atoms with Crippen molar-refractivity contribution in [1.29, 1.82) is 0 Å². The van der Waals surface area contributed by atoms with Crippen molar-refractivity contribution in [2.24, 2.45) is 0 Å². The molecule has 1 N–H and O–H groups in total. The summed E-state index contributed by atoms with van der Waals surface area (Å²) < 4.78 is 5.26. The number of amides is 1. The Hall–Kier alpha value is -3.15. The van der Waals surface area contributed by atoms with Crippen LogP contribution < -0.4 is 5.32 Å². The molecule has 0 radical (unpaired) electrons. The molecule has 0 bridgehead atoms. The fraction of sp³-hybridized carbons (Fsp3) is 0.0833. The number of thiophene rings is 1. The highest BCUT2D eigenvalue weighted by Crippen LogP contribution is 2.37. The molecule has 4 rings (SSSR count). The number of anilines is 1. The Morgan fingerprint density at radius 2 is 1.73 bits per heavy atom. The van der Waals surface area contributed by atoms with Crippen LogP contribution in [0.1, 0.15) is 27.6 Å². The van der Waals surface area contributed by atoms with Crippen molar-refractivity contribution in [1.82, 2.24) is 0 Å². The van der Waals surface area contributed by atoms with Crippen LogP contribution in [0.5, 0.6) is 0 Å². The van der Waals surface area contributed by atoms with Gasteiger partial charge in [-0.3, -0.25) is 4.79 Å². The van der Waals surface area contributed by atoms with Crippen LogP contribution >= 0.6 is 22.9 Å². The van der Waals surface area contributed by atoms with Crippen LogP contribution in [0.15, 0.2) is 72.1 Å². The van der Waals surface area contributed by atoms with E-state index < -0.39 is 5.97 Å². The van der Waals surface area contributed by atoms with Crippen molar-refractivity contribution in [3.8, 4) is 11.1 Å². The topological polar surface area (TPSA) is 55.4 Å². The number of benzene rings is 3. The van der Waals surface area contributed by atoms with Gasteiger partial charge in [0, 0.05) is 21.5 Å². The molecule has 0 aliphatic heterocycles. The number of hydrogen-bond donors (Lipinski definition) is 1. The number of halogens is 1. The van der Waals surface area contributed by atoms with Crippen molar-refractivity contribution >= 4 is 50.6 Å². The number of fused-ring (bicyclic) bond motifs is 1. The number of hydrogen-bond acceptors (Lipinski definition) is 4. The molecular formula is C24H18ClNO3S. The number of ether oxygens (including phenoxy) is 1. The zero-order chi connectivity index (χ0) is 21.1. The van der Waals surface area contributed by atoms with Crippen molar-refractivity contribution in [2.45, 2.75) is 6.92 Å². The number of carbonyl (C=O) groups excluding carboxylic acids is 2. The number of nitrogens with one attached hydrogen (secondary N) is 1. The van der Waals surface area contributed by atoms with Crippen LogP contribution in [0.2, 0.25) is 5.02 Å². The van der Waals surface area contributed by atoms with E-state index in [0.717, 1.165) is 16.3 Å². The zero-order valence-electron chi connectivity index (χ0n) is 16.1. The van der Waals surface area contributed by atoms with Gasteiger partial charge in [0.1, 0.15) is 10.6 Å². The van der Waals surface area contributed by atoms with Gasteiger partial charge in [0.15, 0.2) is 0 Å². The minimum atomic E-state index is -0.475. The van der Waals surface area contributed by atoms with Crippen molar-refractivity contribution < 1.29 is 14.3 Å². The molecule has 0 saturated heterocycles. The van der Waals surface area contributed by atoms with Crippen LogP contribution in [0.3, 0.4) is 0 Å². The Morgan fingerprint density at radius 3 is 2.50 bits per heavy atom. The second-order valence-corrected chi connectivity index (χ2v) is 7.88. The Bertz CT molecular complexity index is 1230. The highest BCUT2D eigenvalue weighted by atomic mass is 35.5. The van der Waals surface area contributed by atoms with Crippen molar-refractivity contribution in [3.63, 3.8) is 0 Å². The zero-order valence-corrected chi connectivity index (χ0v) is 17.7. The largest absolute Gasteiger partial charge is 0.462 e. The molecule has 0 fully saturated rings. The summed E-state index contributed by atoms with van der Waals surface area (Å²) in [5, 5.41) is 7.64. The number of carbonyl (C=O) groups is 2. The monoisotopic (exact) mass is 435 g/mol. The first kappa shape index (κ1) is 20.1. The van der Waals surface area contributed by atoms with Gasteiger partial charge in [-0.15, -0.1) is 11.3 Å². The molecule has 4 aromatic rings. The second kappa shape index (κ2) is 8.69. The molecule has 1 amide bonds. The summed E-state index contributed by atoms with van der Waals surface area (Å²) in [5.41, 5.74) is 2.41. The van der Waals surface area contributed by atoms with E-state index in [-0.39, 0.29) is 12.5 Å². The summed E-state index contributed by atoms with van der Waals surface area (Å²) in [6.07, 6.45) is 0. The smallest absolute Gasteiger partial charge is 0.341 e. The molecule has 6 heteroatoms. The Labute approximate surface area is 183 Å². The van der Waals surface area contributed by atoms with Gasteiger partial charge in [-0.1, -0.05) is 60.1 Å². The van der Waals surface area contributed by atoms with Gasteiger partial charge in [-0.2, -0.15) is 0 Å². The molecule has 150 valence electrons. The Morgan fingerprint density at radius 1 is 1.00 bits per heavy atom. The minimum Gasteiger partial charge on any atom is -0.462 e. The fourth-order valence-electron chi connectivity index (χ4n) is 3.29. The molecule has 1 aromatic heterocycles. The molecule has 3 aromatic carbocycles. The number of rotatable bonds is 5. The molecule has 1 heterocycles. The maximum absolute atomic E-state index is 13.1. The van der Waals surface area contributed by atoms with E-state index in [9.17, 15) is 9.59 Å². The van der Waals surface area contributed by atoms with E-state index in [0.29, 0.717) is 26.7 Å². The van der Waals surface area contributed by atoms with E-state index >= 15 is 0 Å². The highest BCUT2D eigenvalue weighted by Gasteiger charge is 2.23. The van der Waals surface area contributed by atoms with Crippen molar-refractivity contribution in [3.05, 3.63) is 88.3 Å². The Kier molecular flexibility index (Phi) is 5.84. The third kappa shape index (κ3) is 3.95. The van der Waals surface area contributed by atoms with E-state index in [1.165, 1.54) is 11.3 Å². The maximum Gasteiger partial charge on any atom is 0.341 e. The van der Waals surface area contributed by atoms with Gasteiger partial charge in [0.2, 0.25) is 0 Å². The maximum atomic E-state index is 13.1. The summed E-state index contributed by atoms with van der Waals surface area (Å²) in [6.45, 7) is 1.99. The van der Waals surface area contributed by atoms with Crippen LogP contribution in [0.25, 0.3) is 21.9 Å². The first-order valence-electron chi connectivity index (χ1n) is 9.42. The van der Waals surface area contributed by atoms with Crippen LogP contribution in [-0.2, 0) is 4.74 Å². The molecule has 0 aliphatic carbocycles. The fourth-order valence-corrected chi connectivity index (χ4v) is 4.37. The van der Waals surface area contributed by atoms with Crippen LogP contribution in [-0.4, -0.2) is 18.5 Å². The molecule has 0 atom stereocenters. The van der Waals surface area contributed by atoms with Gasteiger partial charge < -0.3 is 10.1 Å². The second-order valence-electron chi connectivity index (χ2n) is 6.56. The van der Waals surface area contributed by atoms with Gasteiger partial charge >= 0.3 is 5.97 Å². The molecule has 0 saturated carbocycles. The summed E-state index contributed by atoms with van der Waals surface area (Å²) in [6, 6.07) is 20.5. The predicted octanol–water partition coefficient (Wildman–Crippen LogP) is 6.65. The standard InChI is InChI=1S/C24H18ClNO3S/c1-2-29-24(28)21-20(16-10-12-17(25)13-11-16)14-30-23(21)26-22(27)19-9-5-7-15-6-3-4-8-18(15)19/h3-14H,2H2,1H3,(H,26,27). The summed E-state index contributed by atoms with van der Waals surface area (Å²) in [7, 11) is 0. The molecular weight excluding hydrogens is 418 g/mol. The molecule has 0 aliphatic rings. The average molecular weight is 436 g/mol. The minimum absolute atomic E-state index is 0.242. The predicted molar refractivity (Wildman–Crippen MR) is 123 cm³/mol. The lowest BCUT2D eigenvalue weighted by molar-refractivity contribution is 0.0529. The lowest BCUT2D eigenvalue weighted by Crippen LogP contribution is -2.15.